The van der Waals surface area contributed by atoms with Gasteiger partial charge in [0.05, 0.1) is 5.69 Å². The van der Waals surface area contributed by atoms with Crippen LogP contribution in [0.2, 0.25) is 0 Å². The van der Waals surface area contributed by atoms with Crippen molar-refractivity contribution in [1.29, 1.82) is 0 Å². The predicted octanol–water partition coefficient (Wildman–Crippen LogP) is 2.42. The molecule has 0 N–H and O–H groups in total. The fraction of sp³-hybridized carbons (Fsp3) is 0.350. The highest BCUT2D eigenvalue weighted by molar-refractivity contribution is 5.95. The Morgan fingerprint density at radius 2 is 1.85 bits per heavy atom. The van der Waals surface area contributed by atoms with Gasteiger partial charge in [-0.1, -0.05) is 6.07 Å². The summed E-state index contributed by atoms with van der Waals surface area (Å²) in [6.07, 6.45) is 1.77. The largest absolute Gasteiger partial charge is 0.336 e. The van der Waals surface area contributed by atoms with Crippen LogP contribution in [0.5, 0.6) is 0 Å². The number of rotatable bonds is 2. The molecule has 6 heteroatoms. The average molecular weight is 349 g/mol. The molecule has 0 saturated carbocycles. The summed E-state index contributed by atoms with van der Waals surface area (Å²) in [7, 11) is 2.09. The van der Waals surface area contributed by atoms with Crippen molar-refractivity contribution in [3.05, 3.63) is 53.5 Å². The molecule has 1 aromatic carbocycles. The number of imidazole rings is 1. The van der Waals surface area contributed by atoms with Gasteiger partial charge in [0.1, 0.15) is 11.3 Å². The zero-order chi connectivity index (χ0) is 18.3. The molecule has 1 fully saturated rings. The maximum absolute atomic E-state index is 13.0. The standard InChI is InChI=1S/C20H23N5O/c1-14-6-7-16(20(26)24-11-9-23(3)10-12-24)13-18(14)25-15(2)22-17-5-4-8-21-19(17)25/h4-8,13H,9-12H2,1-3H3. The predicted molar refractivity (Wildman–Crippen MR) is 102 cm³/mol. The normalized spacial score (nSPS) is 15.6. The van der Waals surface area contributed by atoms with E-state index in [0.29, 0.717) is 5.56 Å². The number of aromatic nitrogens is 3. The highest BCUT2D eigenvalue weighted by Gasteiger charge is 2.21. The third kappa shape index (κ3) is 2.86. The van der Waals surface area contributed by atoms with Gasteiger partial charge in [-0.15, -0.1) is 0 Å². The molecule has 0 aliphatic carbocycles. The molecule has 1 amide bonds. The number of carbonyl (C=O) groups excluding carboxylic acids is 1. The van der Waals surface area contributed by atoms with E-state index in [1.54, 1.807) is 6.20 Å². The topological polar surface area (TPSA) is 54.3 Å². The fourth-order valence-electron chi connectivity index (χ4n) is 3.49. The molecule has 0 spiro atoms. The Kier molecular flexibility index (Phi) is 4.20. The van der Waals surface area contributed by atoms with Gasteiger partial charge in [0.2, 0.25) is 0 Å². The van der Waals surface area contributed by atoms with Gasteiger partial charge in [0.15, 0.2) is 5.65 Å². The molecule has 134 valence electrons. The lowest BCUT2D eigenvalue weighted by atomic mass is 10.1. The molecule has 0 atom stereocenters. The SMILES string of the molecule is Cc1ccc(C(=O)N2CCN(C)CC2)cc1-n1c(C)nc2cccnc21. The van der Waals surface area contributed by atoms with Gasteiger partial charge in [0, 0.05) is 37.9 Å². The number of benzene rings is 1. The summed E-state index contributed by atoms with van der Waals surface area (Å²) >= 11 is 0. The van der Waals surface area contributed by atoms with E-state index in [1.165, 1.54) is 0 Å². The van der Waals surface area contributed by atoms with E-state index in [1.807, 2.05) is 53.6 Å². The lowest BCUT2D eigenvalue weighted by Gasteiger charge is -2.32. The zero-order valence-electron chi connectivity index (χ0n) is 15.4. The van der Waals surface area contributed by atoms with E-state index < -0.39 is 0 Å². The molecule has 26 heavy (non-hydrogen) atoms. The molecule has 3 aromatic rings. The molecule has 0 radical (unpaired) electrons. The summed E-state index contributed by atoms with van der Waals surface area (Å²) in [6, 6.07) is 9.74. The Balaban J connectivity index is 1.75. The maximum atomic E-state index is 13.0. The highest BCUT2D eigenvalue weighted by Crippen LogP contribution is 2.24. The van der Waals surface area contributed by atoms with Crippen LogP contribution in [0.15, 0.2) is 36.5 Å². The molecule has 4 rings (SSSR count). The number of aryl methyl sites for hydroxylation is 2. The number of likely N-dealkylation sites (N-methyl/N-ethyl adjacent to an activating group) is 1. The minimum atomic E-state index is 0.0920. The second kappa shape index (κ2) is 6.53. The number of piperazine rings is 1. The Hall–Kier alpha value is -2.73. The van der Waals surface area contributed by atoms with Crippen LogP contribution in [-0.4, -0.2) is 63.5 Å². The van der Waals surface area contributed by atoms with Crippen LogP contribution in [0.3, 0.4) is 0 Å². The van der Waals surface area contributed by atoms with E-state index in [2.05, 4.69) is 21.9 Å². The lowest BCUT2D eigenvalue weighted by molar-refractivity contribution is 0.0664. The van der Waals surface area contributed by atoms with Crippen molar-refractivity contribution in [3.8, 4) is 5.69 Å². The first-order valence-electron chi connectivity index (χ1n) is 8.93. The van der Waals surface area contributed by atoms with Crippen LogP contribution in [0.4, 0.5) is 0 Å². The van der Waals surface area contributed by atoms with Crippen molar-refractivity contribution in [2.24, 2.45) is 0 Å². The smallest absolute Gasteiger partial charge is 0.254 e. The first kappa shape index (κ1) is 16.7. The third-order valence-corrected chi connectivity index (χ3v) is 5.07. The lowest BCUT2D eigenvalue weighted by Crippen LogP contribution is -2.47. The van der Waals surface area contributed by atoms with Crippen molar-refractivity contribution < 1.29 is 4.79 Å². The maximum Gasteiger partial charge on any atom is 0.254 e. The molecule has 1 aliphatic heterocycles. The molecular weight excluding hydrogens is 326 g/mol. The minimum Gasteiger partial charge on any atom is -0.336 e. The molecule has 1 aliphatic rings. The van der Waals surface area contributed by atoms with Gasteiger partial charge in [0.25, 0.3) is 5.91 Å². The minimum absolute atomic E-state index is 0.0920. The van der Waals surface area contributed by atoms with Crippen LogP contribution < -0.4 is 0 Å². The van der Waals surface area contributed by atoms with Crippen molar-refractivity contribution in [1.82, 2.24) is 24.3 Å². The second-order valence-corrected chi connectivity index (χ2v) is 6.94. The summed E-state index contributed by atoms with van der Waals surface area (Å²) in [5.41, 5.74) is 4.45. The third-order valence-electron chi connectivity index (χ3n) is 5.07. The van der Waals surface area contributed by atoms with Crippen molar-refractivity contribution in [2.75, 3.05) is 33.2 Å². The molecule has 3 heterocycles. The van der Waals surface area contributed by atoms with Crippen molar-refractivity contribution in [2.45, 2.75) is 13.8 Å². The van der Waals surface area contributed by atoms with Gasteiger partial charge < -0.3 is 9.80 Å². The molecular formula is C20H23N5O. The van der Waals surface area contributed by atoms with Crippen LogP contribution in [0.1, 0.15) is 21.7 Å². The Morgan fingerprint density at radius 1 is 1.08 bits per heavy atom. The van der Waals surface area contributed by atoms with Crippen LogP contribution >= 0.6 is 0 Å². The number of pyridine rings is 1. The van der Waals surface area contributed by atoms with E-state index >= 15 is 0 Å². The summed E-state index contributed by atoms with van der Waals surface area (Å²) in [5.74, 6) is 0.959. The molecule has 1 saturated heterocycles. The molecule has 2 aromatic heterocycles. The number of hydrogen-bond donors (Lipinski definition) is 0. The highest BCUT2D eigenvalue weighted by atomic mass is 16.2. The second-order valence-electron chi connectivity index (χ2n) is 6.94. The quantitative estimate of drug-likeness (QED) is 0.713. The first-order valence-corrected chi connectivity index (χ1v) is 8.93. The van der Waals surface area contributed by atoms with Gasteiger partial charge >= 0.3 is 0 Å². The van der Waals surface area contributed by atoms with Gasteiger partial charge in [-0.3, -0.25) is 9.36 Å². The van der Waals surface area contributed by atoms with Gasteiger partial charge in [-0.2, -0.15) is 0 Å². The van der Waals surface area contributed by atoms with E-state index in [0.717, 1.165) is 54.4 Å². The average Bonchev–Trinajstić information content (AvgIpc) is 2.98. The van der Waals surface area contributed by atoms with Crippen LogP contribution in [-0.2, 0) is 0 Å². The number of carbonyl (C=O) groups is 1. The summed E-state index contributed by atoms with van der Waals surface area (Å²) in [6.45, 7) is 7.39. The zero-order valence-corrected chi connectivity index (χ0v) is 15.4. The molecule has 0 bridgehead atoms. The molecule has 6 nitrogen and oxygen atoms in total. The van der Waals surface area contributed by atoms with Gasteiger partial charge in [-0.25, -0.2) is 9.97 Å². The van der Waals surface area contributed by atoms with Crippen molar-refractivity contribution in [3.63, 3.8) is 0 Å². The van der Waals surface area contributed by atoms with Gasteiger partial charge in [-0.05, 0) is 50.7 Å². The first-order chi connectivity index (χ1) is 12.5. The monoisotopic (exact) mass is 349 g/mol. The summed E-state index contributed by atoms with van der Waals surface area (Å²) < 4.78 is 2.03. The Morgan fingerprint density at radius 3 is 2.62 bits per heavy atom. The Labute approximate surface area is 153 Å². The number of amides is 1. The van der Waals surface area contributed by atoms with Crippen LogP contribution in [0, 0.1) is 13.8 Å². The van der Waals surface area contributed by atoms with E-state index in [-0.39, 0.29) is 5.91 Å². The molecule has 0 unspecified atom stereocenters. The van der Waals surface area contributed by atoms with Crippen LogP contribution in [0.25, 0.3) is 16.9 Å². The Bertz CT molecular complexity index is 969. The number of fused-ring (bicyclic) bond motifs is 1. The van der Waals surface area contributed by atoms with E-state index in [9.17, 15) is 4.79 Å². The summed E-state index contributed by atoms with van der Waals surface area (Å²) in [5, 5.41) is 0. The number of hydrogen-bond acceptors (Lipinski definition) is 4. The summed E-state index contributed by atoms with van der Waals surface area (Å²) in [4.78, 5) is 26.2. The fourth-order valence-corrected chi connectivity index (χ4v) is 3.49. The van der Waals surface area contributed by atoms with E-state index in [4.69, 9.17) is 0 Å². The van der Waals surface area contributed by atoms with Crippen molar-refractivity contribution >= 4 is 17.1 Å². The number of nitrogens with zero attached hydrogens (tertiary/aromatic N) is 5.